The molecule has 0 fully saturated rings. The van der Waals surface area contributed by atoms with Crippen LogP contribution in [0.15, 0.2) is 83.7 Å². The molecule has 0 saturated heterocycles. The van der Waals surface area contributed by atoms with Crippen molar-refractivity contribution in [2.24, 2.45) is 4.99 Å². The Labute approximate surface area is 160 Å². The summed E-state index contributed by atoms with van der Waals surface area (Å²) in [7, 11) is 0. The van der Waals surface area contributed by atoms with E-state index < -0.39 is 0 Å². The molecule has 140 valence electrons. The fraction of sp³-hybridized carbons (Fsp3) is 0.190. The number of amides is 1. The van der Waals surface area contributed by atoms with Crippen molar-refractivity contribution >= 4 is 17.4 Å². The van der Waals surface area contributed by atoms with Crippen molar-refractivity contribution in [3.8, 4) is 5.69 Å². The third-order valence-electron chi connectivity index (χ3n) is 4.21. The van der Waals surface area contributed by atoms with Gasteiger partial charge in [-0.25, -0.2) is 9.98 Å². The maximum atomic E-state index is 12.2. The molecule has 3 rings (SSSR count). The minimum atomic E-state index is -0.0706. The number of rotatable bonds is 5. The molecule has 6 heteroatoms. The second-order valence-corrected chi connectivity index (χ2v) is 6.35. The van der Waals surface area contributed by atoms with Crippen molar-refractivity contribution in [3.63, 3.8) is 0 Å². The Morgan fingerprint density at radius 2 is 2.00 bits per heavy atom. The largest absolute Gasteiger partial charge is 0.341 e. The van der Waals surface area contributed by atoms with Crippen LogP contribution in [-0.4, -0.2) is 32.7 Å². The molecule has 0 atom stereocenters. The van der Waals surface area contributed by atoms with E-state index in [0.717, 1.165) is 22.5 Å². The zero-order valence-electron chi connectivity index (χ0n) is 15.8. The zero-order valence-corrected chi connectivity index (χ0v) is 15.8. The molecule has 0 spiro atoms. The van der Waals surface area contributed by atoms with E-state index in [4.69, 9.17) is 0 Å². The van der Waals surface area contributed by atoms with Crippen LogP contribution in [0, 0.1) is 0 Å². The van der Waals surface area contributed by atoms with Crippen molar-refractivity contribution in [1.29, 1.82) is 0 Å². The number of allylic oxidation sites excluding steroid dienone is 1. The summed E-state index contributed by atoms with van der Waals surface area (Å²) in [5.74, 6) is 1.02. The van der Waals surface area contributed by atoms with Crippen LogP contribution >= 0.6 is 0 Å². The van der Waals surface area contributed by atoms with Gasteiger partial charge in [0.15, 0.2) is 0 Å². The van der Waals surface area contributed by atoms with E-state index in [-0.39, 0.29) is 7.33 Å². The van der Waals surface area contributed by atoms with Crippen LogP contribution in [0.4, 0.5) is 5.69 Å². The number of carbonyl (C=O) groups excluding carboxylic acids is 1. The lowest BCUT2D eigenvalue weighted by molar-refractivity contribution is -0.122. The fourth-order valence-electron chi connectivity index (χ4n) is 2.84. The molecule has 0 saturated carbocycles. The lowest BCUT2D eigenvalue weighted by Gasteiger charge is -2.26. The SMILES string of the molecule is C=C(/N=C1\C(=C(C)C)C=CC(=O)N1CC)Nc1ccc(-n2ccnc2)cc1.[HH]. The number of amidine groups is 1. The second kappa shape index (κ2) is 7.86. The van der Waals surface area contributed by atoms with Gasteiger partial charge in [-0.15, -0.1) is 0 Å². The first-order valence-electron chi connectivity index (χ1n) is 8.80. The summed E-state index contributed by atoms with van der Waals surface area (Å²) in [5, 5.41) is 3.19. The van der Waals surface area contributed by atoms with Gasteiger partial charge in [0.05, 0.1) is 6.33 Å². The van der Waals surface area contributed by atoms with Gasteiger partial charge < -0.3 is 9.88 Å². The molecule has 27 heavy (non-hydrogen) atoms. The molecule has 1 aliphatic rings. The molecular formula is C21H25N5O. The minimum Gasteiger partial charge on any atom is -0.341 e. The van der Waals surface area contributed by atoms with Crippen molar-refractivity contribution in [3.05, 3.63) is 78.7 Å². The van der Waals surface area contributed by atoms with Gasteiger partial charge in [0.25, 0.3) is 5.91 Å². The average Bonchev–Trinajstić information content (AvgIpc) is 3.17. The Morgan fingerprint density at radius 3 is 2.59 bits per heavy atom. The highest BCUT2D eigenvalue weighted by Gasteiger charge is 2.23. The minimum absolute atomic E-state index is 0. The fourth-order valence-corrected chi connectivity index (χ4v) is 2.84. The summed E-state index contributed by atoms with van der Waals surface area (Å²) < 4.78 is 1.93. The van der Waals surface area contributed by atoms with Crippen molar-refractivity contribution in [2.75, 3.05) is 11.9 Å². The molecule has 2 aromatic rings. The van der Waals surface area contributed by atoms with E-state index in [1.807, 2.05) is 61.9 Å². The number of hydrogen-bond donors (Lipinski definition) is 1. The van der Waals surface area contributed by atoms with Crippen LogP contribution in [0.2, 0.25) is 0 Å². The summed E-state index contributed by atoms with van der Waals surface area (Å²) in [6, 6.07) is 7.87. The van der Waals surface area contributed by atoms with Crippen LogP contribution < -0.4 is 5.32 Å². The summed E-state index contributed by atoms with van der Waals surface area (Å²) in [6.45, 7) is 10.5. The standard InChI is InChI=1S/C21H23N5O.H2/c1-5-26-20(27)11-10-19(15(2)3)21(26)24-16(4)23-17-6-8-18(9-7-17)25-13-12-22-14-25;/h6-14,23H,4-5H2,1-3H3;1H/b24-21+;. The number of aromatic nitrogens is 2. The second-order valence-electron chi connectivity index (χ2n) is 6.35. The highest BCUT2D eigenvalue weighted by Crippen LogP contribution is 2.20. The number of carbonyl (C=O) groups is 1. The first-order valence-corrected chi connectivity index (χ1v) is 8.80. The van der Waals surface area contributed by atoms with Crippen molar-refractivity contribution < 1.29 is 6.22 Å². The Bertz CT molecular complexity index is 936. The van der Waals surface area contributed by atoms with E-state index in [9.17, 15) is 4.79 Å². The first kappa shape index (κ1) is 18.4. The number of benzene rings is 1. The van der Waals surface area contributed by atoms with Gasteiger partial charge in [-0.05, 0) is 51.1 Å². The maximum absolute atomic E-state index is 12.2. The van der Waals surface area contributed by atoms with Crippen molar-refractivity contribution in [2.45, 2.75) is 20.8 Å². The molecule has 1 amide bonds. The lowest BCUT2D eigenvalue weighted by Crippen LogP contribution is -2.39. The number of nitrogens with one attached hydrogen (secondary N) is 1. The van der Waals surface area contributed by atoms with Crippen LogP contribution in [-0.2, 0) is 4.79 Å². The van der Waals surface area contributed by atoms with E-state index in [2.05, 4.69) is 21.9 Å². The average molecular weight is 363 g/mol. The quantitative estimate of drug-likeness (QED) is 0.868. The maximum Gasteiger partial charge on any atom is 0.252 e. The summed E-state index contributed by atoms with van der Waals surface area (Å²) in [6.07, 6.45) is 8.78. The van der Waals surface area contributed by atoms with Crippen LogP contribution in [0.5, 0.6) is 0 Å². The Morgan fingerprint density at radius 1 is 1.26 bits per heavy atom. The normalized spacial score (nSPS) is 15.4. The molecule has 6 nitrogen and oxygen atoms in total. The molecule has 0 radical (unpaired) electrons. The predicted octanol–water partition coefficient (Wildman–Crippen LogP) is 4.15. The number of imidazole rings is 1. The van der Waals surface area contributed by atoms with Crippen molar-refractivity contribution in [1.82, 2.24) is 14.5 Å². The molecule has 1 aromatic carbocycles. The number of hydrogen-bond acceptors (Lipinski definition) is 4. The number of anilines is 1. The molecule has 1 aromatic heterocycles. The van der Waals surface area contributed by atoms with Gasteiger partial charge in [0.1, 0.15) is 11.7 Å². The predicted molar refractivity (Wildman–Crippen MR) is 111 cm³/mol. The van der Waals surface area contributed by atoms with Crippen LogP contribution in [0.3, 0.4) is 0 Å². The number of aliphatic imine (C=N–C) groups is 1. The molecule has 1 N–H and O–H groups in total. The van der Waals surface area contributed by atoms with Crippen LogP contribution in [0.1, 0.15) is 22.2 Å². The highest BCUT2D eigenvalue weighted by molar-refractivity contribution is 6.16. The summed E-state index contributed by atoms with van der Waals surface area (Å²) >= 11 is 0. The summed E-state index contributed by atoms with van der Waals surface area (Å²) in [4.78, 5) is 22.5. The molecule has 2 heterocycles. The first-order chi connectivity index (χ1) is 13.0. The lowest BCUT2D eigenvalue weighted by atomic mass is 10.0. The monoisotopic (exact) mass is 363 g/mol. The summed E-state index contributed by atoms with van der Waals surface area (Å²) in [5.41, 5.74) is 3.91. The highest BCUT2D eigenvalue weighted by atomic mass is 16.2. The molecular weight excluding hydrogens is 338 g/mol. The van der Waals surface area contributed by atoms with Gasteiger partial charge in [-0.3, -0.25) is 9.69 Å². The van der Waals surface area contributed by atoms with Gasteiger partial charge in [-0.2, -0.15) is 0 Å². The molecule has 0 bridgehead atoms. The van der Waals surface area contributed by atoms with E-state index in [0.29, 0.717) is 18.2 Å². The Kier molecular flexibility index (Phi) is 5.35. The van der Waals surface area contributed by atoms with Gasteiger partial charge in [-0.1, -0.05) is 12.2 Å². The molecule has 1 aliphatic heterocycles. The Balaban J connectivity index is 0.00000280. The van der Waals surface area contributed by atoms with E-state index >= 15 is 0 Å². The number of nitrogens with zero attached hydrogens (tertiary/aromatic N) is 4. The van der Waals surface area contributed by atoms with E-state index in [1.54, 1.807) is 23.5 Å². The van der Waals surface area contributed by atoms with E-state index in [1.165, 1.54) is 0 Å². The third-order valence-corrected chi connectivity index (χ3v) is 4.21. The third kappa shape index (κ3) is 4.06. The number of likely N-dealkylation sites (N-methyl/N-ethyl adjacent to an activating group) is 1. The molecule has 0 aliphatic carbocycles. The smallest absolute Gasteiger partial charge is 0.252 e. The van der Waals surface area contributed by atoms with Crippen LogP contribution in [0.25, 0.3) is 5.69 Å². The zero-order chi connectivity index (χ0) is 19.4. The molecule has 0 unspecified atom stereocenters. The Hall–Kier alpha value is -3.41. The van der Waals surface area contributed by atoms with Gasteiger partial charge in [0.2, 0.25) is 0 Å². The van der Waals surface area contributed by atoms with Gasteiger partial charge >= 0.3 is 0 Å². The topological polar surface area (TPSA) is 62.5 Å². The van der Waals surface area contributed by atoms with Gasteiger partial charge in [0, 0.05) is 43.4 Å².